The summed E-state index contributed by atoms with van der Waals surface area (Å²) >= 11 is 0. The minimum Gasteiger partial charge on any atom is -0.397 e. The van der Waals surface area contributed by atoms with E-state index in [1.807, 2.05) is 12.1 Å². The van der Waals surface area contributed by atoms with E-state index in [-0.39, 0.29) is 0 Å². The van der Waals surface area contributed by atoms with Crippen LogP contribution in [-0.2, 0) is 0 Å². The van der Waals surface area contributed by atoms with Gasteiger partial charge in [0.1, 0.15) is 0 Å². The summed E-state index contributed by atoms with van der Waals surface area (Å²) in [4.78, 5) is 0. The Morgan fingerprint density at radius 1 is 1.56 bits per heavy atom. The molecule has 1 aromatic heterocycles. The van der Waals surface area contributed by atoms with Crippen LogP contribution in [0.3, 0.4) is 0 Å². The van der Waals surface area contributed by atoms with Crippen molar-refractivity contribution in [1.82, 2.24) is 10.2 Å². The zero-order valence-corrected chi connectivity index (χ0v) is 9.33. The molecular formula is C12H16N4. The Labute approximate surface area is 94.2 Å². The number of hydrogen-bond acceptors (Lipinski definition) is 3. The van der Waals surface area contributed by atoms with Crippen molar-refractivity contribution >= 4 is 22.3 Å². The van der Waals surface area contributed by atoms with Gasteiger partial charge in [-0.2, -0.15) is 5.10 Å². The molecule has 16 heavy (non-hydrogen) atoms. The molecule has 4 N–H and O–H groups in total. The minimum atomic E-state index is 0.604. The second kappa shape index (κ2) is 3.40. The Balaban J connectivity index is 1.88. The number of nitrogen functional groups attached to an aromatic ring is 1. The van der Waals surface area contributed by atoms with E-state index in [1.165, 1.54) is 12.8 Å². The Bertz CT molecular complexity index is 517. The third-order valence-electron chi connectivity index (χ3n) is 3.40. The quantitative estimate of drug-likeness (QED) is 0.690. The molecule has 0 aliphatic heterocycles. The van der Waals surface area contributed by atoms with E-state index in [0.717, 1.165) is 28.2 Å². The lowest BCUT2D eigenvalue weighted by Crippen LogP contribution is -2.06. The molecule has 0 saturated heterocycles. The molecule has 1 aliphatic carbocycles. The van der Waals surface area contributed by atoms with Gasteiger partial charge in [0.2, 0.25) is 0 Å². The number of aromatic amines is 1. The molecule has 1 aliphatic rings. The molecule has 1 fully saturated rings. The van der Waals surface area contributed by atoms with Crippen molar-refractivity contribution < 1.29 is 0 Å². The predicted octanol–water partition coefficient (Wildman–Crippen LogP) is 2.36. The van der Waals surface area contributed by atoms with E-state index in [2.05, 4.69) is 22.4 Å². The number of rotatable bonds is 3. The zero-order valence-electron chi connectivity index (χ0n) is 9.33. The van der Waals surface area contributed by atoms with Crippen LogP contribution >= 0.6 is 0 Å². The third-order valence-corrected chi connectivity index (χ3v) is 3.40. The number of nitrogens with zero attached hydrogens (tertiary/aromatic N) is 1. The van der Waals surface area contributed by atoms with Gasteiger partial charge in [-0.1, -0.05) is 13.3 Å². The SMILES string of the molecule is CCC1CC1Nc1cc2[nH]ncc2cc1N. The third kappa shape index (κ3) is 1.50. The lowest BCUT2D eigenvalue weighted by molar-refractivity contribution is 0.775. The van der Waals surface area contributed by atoms with E-state index in [9.17, 15) is 0 Å². The summed E-state index contributed by atoms with van der Waals surface area (Å²) < 4.78 is 0. The van der Waals surface area contributed by atoms with Gasteiger partial charge in [0.05, 0.1) is 23.1 Å². The van der Waals surface area contributed by atoms with Crippen molar-refractivity contribution in [3.63, 3.8) is 0 Å². The van der Waals surface area contributed by atoms with Crippen LogP contribution < -0.4 is 11.1 Å². The molecule has 84 valence electrons. The second-order valence-electron chi connectivity index (χ2n) is 4.55. The lowest BCUT2D eigenvalue weighted by Gasteiger charge is -2.08. The minimum absolute atomic E-state index is 0.604. The maximum atomic E-state index is 6.00. The summed E-state index contributed by atoms with van der Waals surface area (Å²) in [6, 6.07) is 4.61. The first-order chi connectivity index (χ1) is 7.78. The number of H-pyrrole nitrogens is 1. The highest BCUT2D eigenvalue weighted by Gasteiger charge is 2.35. The topological polar surface area (TPSA) is 66.7 Å². The van der Waals surface area contributed by atoms with E-state index < -0.39 is 0 Å². The number of nitrogens with one attached hydrogen (secondary N) is 2. The van der Waals surface area contributed by atoms with E-state index in [0.29, 0.717) is 6.04 Å². The van der Waals surface area contributed by atoms with Crippen LogP contribution in [0.2, 0.25) is 0 Å². The number of fused-ring (bicyclic) bond motifs is 1. The fraction of sp³-hybridized carbons (Fsp3) is 0.417. The van der Waals surface area contributed by atoms with Crippen LogP contribution in [0.4, 0.5) is 11.4 Å². The van der Waals surface area contributed by atoms with Crippen molar-refractivity contribution in [2.75, 3.05) is 11.1 Å². The molecule has 0 amide bonds. The molecule has 1 heterocycles. The monoisotopic (exact) mass is 216 g/mol. The predicted molar refractivity (Wildman–Crippen MR) is 66.3 cm³/mol. The Kier molecular flexibility index (Phi) is 2.02. The summed E-state index contributed by atoms with van der Waals surface area (Å²) in [5, 5.41) is 11.5. The molecule has 1 aromatic carbocycles. The van der Waals surface area contributed by atoms with Gasteiger partial charge in [-0.25, -0.2) is 0 Å². The van der Waals surface area contributed by atoms with Gasteiger partial charge in [-0.05, 0) is 24.5 Å². The van der Waals surface area contributed by atoms with Crippen LogP contribution in [0.25, 0.3) is 10.9 Å². The summed E-state index contributed by atoms with van der Waals surface area (Å²) in [6.45, 7) is 2.23. The average molecular weight is 216 g/mol. The van der Waals surface area contributed by atoms with Crippen molar-refractivity contribution in [1.29, 1.82) is 0 Å². The van der Waals surface area contributed by atoms with Gasteiger partial charge in [0.15, 0.2) is 0 Å². The van der Waals surface area contributed by atoms with Crippen LogP contribution in [-0.4, -0.2) is 16.2 Å². The summed E-state index contributed by atoms with van der Waals surface area (Å²) in [6.07, 6.45) is 4.29. The van der Waals surface area contributed by atoms with Crippen molar-refractivity contribution in [3.05, 3.63) is 18.3 Å². The fourth-order valence-electron chi connectivity index (χ4n) is 2.21. The van der Waals surface area contributed by atoms with Gasteiger partial charge in [-0.15, -0.1) is 0 Å². The Morgan fingerprint density at radius 3 is 3.19 bits per heavy atom. The van der Waals surface area contributed by atoms with Crippen molar-refractivity contribution in [2.45, 2.75) is 25.8 Å². The molecule has 0 spiro atoms. The molecule has 0 bridgehead atoms. The summed E-state index contributed by atoms with van der Waals surface area (Å²) in [7, 11) is 0. The molecule has 4 nitrogen and oxygen atoms in total. The number of nitrogens with two attached hydrogens (primary N) is 1. The standard InChI is InChI=1S/C12H16N4/c1-2-7-4-10(7)15-12-5-11-8(3-9(12)13)6-14-16-11/h3,5-7,10,15H,2,4,13H2,1H3,(H,14,16). The van der Waals surface area contributed by atoms with Gasteiger partial charge < -0.3 is 11.1 Å². The second-order valence-corrected chi connectivity index (χ2v) is 4.55. The van der Waals surface area contributed by atoms with E-state index >= 15 is 0 Å². The Morgan fingerprint density at radius 2 is 2.44 bits per heavy atom. The van der Waals surface area contributed by atoms with Gasteiger partial charge in [0, 0.05) is 11.4 Å². The fourth-order valence-corrected chi connectivity index (χ4v) is 2.21. The maximum absolute atomic E-state index is 6.00. The highest BCUT2D eigenvalue weighted by molar-refractivity contribution is 5.88. The zero-order chi connectivity index (χ0) is 11.1. The number of hydrogen-bond donors (Lipinski definition) is 3. The van der Waals surface area contributed by atoms with Crippen molar-refractivity contribution in [2.24, 2.45) is 5.92 Å². The first-order valence-electron chi connectivity index (χ1n) is 5.77. The van der Waals surface area contributed by atoms with Crippen LogP contribution in [0.1, 0.15) is 19.8 Å². The molecule has 1 saturated carbocycles. The van der Waals surface area contributed by atoms with Crippen LogP contribution in [0.5, 0.6) is 0 Å². The molecule has 4 heteroatoms. The first-order valence-corrected chi connectivity index (χ1v) is 5.77. The van der Waals surface area contributed by atoms with E-state index in [4.69, 9.17) is 5.73 Å². The molecular weight excluding hydrogens is 200 g/mol. The Hall–Kier alpha value is -1.71. The highest BCUT2D eigenvalue weighted by atomic mass is 15.1. The molecule has 2 atom stereocenters. The number of aromatic nitrogens is 2. The molecule has 0 radical (unpaired) electrons. The maximum Gasteiger partial charge on any atom is 0.0672 e. The normalized spacial score (nSPS) is 23.6. The van der Waals surface area contributed by atoms with Crippen LogP contribution in [0, 0.1) is 5.92 Å². The molecule has 2 aromatic rings. The van der Waals surface area contributed by atoms with Crippen LogP contribution in [0.15, 0.2) is 18.3 Å². The lowest BCUT2D eigenvalue weighted by atomic mass is 10.2. The van der Waals surface area contributed by atoms with Gasteiger partial charge in [0.25, 0.3) is 0 Å². The molecule has 2 unspecified atom stereocenters. The van der Waals surface area contributed by atoms with E-state index in [1.54, 1.807) is 6.20 Å². The van der Waals surface area contributed by atoms with Gasteiger partial charge in [-0.3, -0.25) is 5.10 Å². The molecule has 3 rings (SSSR count). The smallest absolute Gasteiger partial charge is 0.0672 e. The first kappa shape index (κ1) is 9.51. The highest BCUT2D eigenvalue weighted by Crippen LogP contribution is 2.37. The summed E-state index contributed by atoms with van der Waals surface area (Å²) in [5.74, 6) is 0.817. The van der Waals surface area contributed by atoms with Gasteiger partial charge >= 0.3 is 0 Å². The summed E-state index contributed by atoms with van der Waals surface area (Å²) in [5.41, 5.74) is 8.86. The number of anilines is 2. The average Bonchev–Trinajstić information content (AvgIpc) is 2.87. The number of benzene rings is 1. The largest absolute Gasteiger partial charge is 0.397 e. The van der Waals surface area contributed by atoms with Crippen molar-refractivity contribution in [3.8, 4) is 0 Å².